The van der Waals surface area contributed by atoms with E-state index in [1.54, 1.807) is 0 Å². The summed E-state index contributed by atoms with van der Waals surface area (Å²) in [6.07, 6.45) is 2.37. The van der Waals surface area contributed by atoms with Crippen molar-refractivity contribution in [1.82, 2.24) is 4.90 Å². The molecule has 0 radical (unpaired) electrons. The Morgan fingerprint density at radius 1 is 1.14 bits per heavy atom. The summed E-state index contributed by atoms with van der Waals surface area (Å²) >= 11 is 0. The van der Waals surface area contributed by atoms with Crippen LogP contribution in [0.2, 0.25) is 0 Å². The number of hydrogen-bond acceptors (Lipinski definition) is 3. The van der Waals surface area contributed by atoms with E-state index in [4.69, 9.17) is 0 Å². The Labute approximate surface area is 126 Å². The highest BCUT2D eigenvalue weighted by atomic mass is 15.1. The van der Waals surface area contributed by atoms with Gasteiger partial charge in [0.1, 0.15) is 0 Å². The normalized spacial score (nSPS) is 16.8. The Balaban J connectivity index is 1.84. The molecule has 0 aliphatic carbocycles. The van der Waals surface area contributed by atoms with E-state index < -0.39 is 0 Å². The zero-order valence-corrected chi connectivity index (χ0v) is 12.5. The molecule has 21 heavy (non-hydrogen) atoms. The topological polar surface area (TPSA) is 39.1 Å². The summed E-state index contributed by atoms with van der Waals surface area (Å²) in [5.41, 5.74) is 1.90. The first-order chi connectivity index (χ1) is 10.3. The molecular formula is C18H21N3. The van der Waals surface area contributed by atoms with Gasteiger partial charge in [0.05, 0.1) is 11.6 Å². The van der Waals surface area contributed by atoms with E-state index in [1.165, 1.54) is 25.9 Å². The van der Waals surface area contributed by atoms with Gasteiger partial charge in [-0.3, -0.25) is 0 Å². The second-order valence-corrected chi connectivity index (χ2v) is 5.67. The first kappa shape index (κ1) is 13.9. The molecule has 0 saturated carbocycles. The molecule has 0 aromatic heterocycles. The van der Waals surface area contributed by atoms with Gasteiger partial charge < -0.3 is 10.2 Å². The van der Waals surface area contributed by atoms with Gasteiger partial charge in [-0.05, 0) is 31.5 Å². The summed E-state index contributed by atoms with van der Waals surface area (Å²) in [4.78, 5) is 2.50. The number of nitrogens with zero attached hydrogens (tertiary/aromatic N) is 2. The molecule has 1 saturated heterocycles. The van der Waals surface area contributed by atoms with E-state index in [-0.39, 0.29) is 0 Å². The lowest BCUT2D eigenvalue weighted by Gasteiger charge is -2.32. The van der Waals surface area contributed by atoms with Crippen LogP contribution in [0.5, 0.6) is 0 Å². The van der Waals surface area contributed by atoms with Crippen LogP contribution in [0.25, 0.3) is 10.8 Å². The van der Waals surface area contributed by atoms with Crippen molar-refractivity contribution < 1.29 is 0 Å². The quantitative estimate of drug-likeness (QED) is 0.933. The monoisotopic (exact) mass is 279 g/mol. The van der Waals surface area contributed by atoms with Crippen LogP contribution in [0.3, 0.4) is 0 Å². The maximum absolute atomic E-state index is 9.23. The van der Waals surface area contributed by atoms with Gasteiger partial charge in [0.2, 0.25) is 0 Å². The Kier molecular flexibility index (Phi) is 4.08. The van der Waals surface area contributed by atoms with Gasteiger partial charge in [-0.1, -0.05) is 31.2 Å². The largest absolute Gasteiger partial charge is 0.382 e. The van der Waals surface area contributed by atoms with E-state index in [9.17, 15) is 5.26 Å². The third-order valence-corrected chi connectivity index (χ3v) is 4.44. The number of piperidine rings is 1. The molecule has 2 aromatic carbocycles. The van der Waals surface area contributed by atoms with Gasteiger partial charge in [0, 0.05) is 35.6 Å². The van der Waals surface area contributed by atoms with Crippen molar-refractivity contribution in [2.75, 3.05) is 25.0 Å². The molecular weight excluding hydrogens is 258 g/mol. The minimum Gasteiger partial charge on any atom is -0.382 e. The van der Waals surface area contributed by atoms with Crippen LogP contribution in [-0.4, -0.2) is 30.6 Å². The van der Waals surface area contributed by atoms with Crippen LogP contribution < -0.4 is 5.32 Å². The lowest BCUT2D eigenvalue weighted by molar-refractivity contribution is 0.229. The third-order valence-electron chi connectivity index (χ3n) is 4.44. The second-order valence-electron chi connectivity index (χ2n) is 5.67. The third kappa shape index (κ3) is 2.86. The molecule has 3 heteroatoms. The molecule has 3 rings (SSSR count). The zero-order chi connectivity index (χ0) is 14.7. The molecule has 108 valence electrons. The Morgan fingerprint density at radius 3 is 2.52 bits per heavy atom. The van der Waals surface area contributed by atoms with Gasteiger partial charge in [-0.15, -0.1) is 0 Å². The average Bonchev–Trinajstić information content (AvgIpc) is 2.56. The predicted octanol–water partition coefficient (Wildman–Crippen LogP) is 3.61. The van der Waals surface area contributed by atoms with Crippen LogP contribution >= 0.6 is 0 Å². The highest BCUT2D eigenvalue weighted by Crippen LogP contribution is 2.28. The van der Waals surface area contributed by atoms with Crippen molar-refractivity contribution in [3.8, 4) is 6.07 Å². The van der Waals surface area contributed by atoms with Gasteiger partial charge in [-0.2, -0.15) is 5.26 Å². The molecule has 1 aliphatic rings. The fraction of sp³-hybridized carbons (Fsp3) is 0.389. The van der Waals surface area contributed by atoms with Gasteiger partial charge in [0.15, 0.2) is 0 Å². The Bertz CT molecular complexity index is 664. The standard InChI is InChI=1S/C18H21N3/c1-2-21-11-9-15(10-12-21)20-18-8-7-14(13-19)16-5-3-4-6-17(16)18/h3-8,15,20H,2,9-12H2,1H3. The molecule has 0 atom stereocenters. The van der Waals surface area contributed by atoms with Crippen molar-refractivity contribution in [1.29, 1.82) is 5.26 Å². The predicted molar refractivity (Wildman–Crippen MR) is 87.4 cm³/mol. The Morgan fingerprint density at radius 2 is 1.86 bits per heavy atom. The zero-order valence-electron chi connectivity index (χ0n) is 12.5. The smallest absolute Gasteiger partial charge is 0.0998 e. The fourth-order valence-electron chi connectivity index (χ4n) is 3.14. The highest BCUT2D eigenvalue weighted by molar-refractivity contribution is 5.97. The highest BCUT2D eigenvalue weighted by Gasteiger charge is 2.18. The second kappa shape index (κ2) is 6.15. The molecule has 0 spiro atoms. The average molecular weight is 279 g/mol. The number of nitrogens with one attached hydrogen (secondary N) is 1. The van der Waals surface area contributed by atoms with E-state index >= 15 is 0 Å². The van der Waals surface area contributed by atoms with Crippen molar-refractivity contribution in [2.45, 2.75) is 25.8 Å². The lowest BCUT2D eigenvalue weighted by atomic mass is 10.0. The van der Waals surface area contributed by atoms with Gasteiger partial charge in [-0.25, -0.2) is 0 Å². The number of nitriles is 1. The molecule has 2 aromatic rings. The SMILES string of the molecule is CCN1CCC(Nc2ccc(C#N)c3ccccc23)CC1. The number of benzene rings is 2. The maximum Gasteiger partial charge on any atom is 0.0998 e. The number of fused-ring (bicyclic) bond motifs is 1. The lowest BCUT2D eigenvalue weighted by Crippen LogP contribution is -2.38. The van der Waals surface area contributed by atoms with Crippen LogP contribution in [0.15, 0.2) is 36.4 Å². The Hall–Kier alpha value is -2.05. The molecule has 1 heterocycles. The first-order valence-corrected chi connectivity index (χ1v) is 7.72. The number of anilines is 1. The van der Waals surface area contributed by atoms with Crippen molar-refractivity contribution >= 4 is 16.5 Å². The molecule has 0 amide bonds. The minimum absolute atomic E-state index is 0.532. The summed E-state index contributed by atoms with van der Waals surface area (Å²) in [7, 11) is 0. The van der Waals surface area contributed by atoms with Crippen LogP contribution in [0.4, 0.5) is 5.69 Å². The van der Waals surface area contributed by atoms with E-state index in [0.29, 0.717) is 6.04 Å². The van der Waals surface area contributed by atoms with E-state index in [2.05, 4.69) is 29.3 Å². The van der Waals surface area contributed by atoms with Crippen molar-refractivity contribution in [3.05, 3.63) is 42.0 Å². The van der Waals surface area contributed by atoms with Crippen LogP contribution in [0, 0.1) is 11.3 Å². The number of hydrogen-bond donors (Lipinski definition) is 1. The van der Waals surface area contributed by atoms with Crippen molar-refractivity contribution in [3.63, 3.8) is 0 Å². The van der Waals surface area contributed by atoms with Crippen LogP contribution in [-0.2, 0) is 0 Å². The minimum atomic E-state index is 0.532. The number of rotatable bonds is 3. The molecule has 0 unspecified atom stereocenters. The maximum atomic E-state index is 9.23. The first-order valence-electron chi connectivity index (χ1n) is 7.72. The summed E-state index contributed by atoms with van der Waals surface area (Å²) < 4.78 is 0. The summed E-state index contributed by atoms with van der Waals surface area (Å²) in [5.74, 6) is 0. The molecule has 1 fully saturated rings. The molecule has 3 nitrogen and oxygen atoms in total. The molecule has 0 bridgehead atoms. The van der Waals surface area contributed by atoms with Crippen molar-refractivity contribution in [2.24, 2.45) is 0 Å². The van der Waals surface area contributed by atoms with Gasteiger partial charge >= 0.3 is 0 Å². The molecule has 1 aliphatic heterocycles. The van der Waals surface area contributed by atoms with E-state index in [0.717, 1.165) is 28.6 Å². The summed E-state index contributed by atoms with van der Waals surface area (Å²) in [5, 5.41) is 15.1. The summed E-state index contributed by atoms with van der Waals surface area (Å²) in [6, 6.07) is 14.9. The summed E-state index contributed by atoms with van der Waals surface area (Å²) in [6.45, 7) is 5.71. The fourth-order valence-corrected chi connectivity index (χ4v) is 3.14. The number of likely N-dealkylation sites (tertiary alicyclic amines) is 1. The van der Waals surface area contributed by atoms with E-state index in [1.807, 2.05) is 30.3 Å². The van der Waals surface area contributed by atoms with Crippen LogP contribution in [0.1, 0.15) is 25.3 Å². The molecule has 1 N–H and O–H groups in total. The van der Waals surface area contributed by atoms with Gasteiger partial charge in [0.25, 0.3) is 0 Å².